The van der Waals surface area contributed by atoms with Gasteiger partial charge in [-0.3, -0.25) is 14.5 Å². The van der Waals surface area contributed by atoms with Crippen LogP contribution in [0.25, 0.3) is 0 Å². The first-order valence-electron chi connectivity index (χ1n) is 12.3. The number of hydrogen-bond donors (Lipinski definition) is 2. The summed E-state index contributed by atoms with van der Waals surface area (Å²) in [5, 5.41) is 2.74. The van der Waals surface area contributed by atoms with Crippen LogP contribution in [0.15, 0.2) is 84.9 Å². The molecule has 37 heavy (non-hydrogen) atoms. The molecule has 0 bridgehead atoms. The second kappa shape index (κ2) is 12.6. The van der Waals surface area contributed by atoms with Crippen LogP contribution in [0.4, 0.5) is 4.79 Å². The van der Waals surface area contributed by atoms with E-state index in [0.29, 0.717) is 31.7 Å². The molecule has 0 radical (unpaired) electrons. The fraction of sp³-hybridized carbons (Fsp3) is 0.276. The second-order valence-electron chi connectivity index (χ2n) is 8.98. The number of hydrogen-bond acceptors (Lipinski definition) is 5. The second-order valence-corrected chi connectivity index (χ2v) is 8.98. The van der Waals surface area contributed by atoms with E-state index in [2.05, 4.69) is 5.32 Å². The molecule has 0 unspecified atom stereocenters. The zero-order chi connectivity index (χ0) is 26.0. The van der Waals surface area contributed by atoms with Crippen molar-refractivity contribution in [3.63, 3.8) is 0 Å². The Balaban J connectivity index is 1.34. The van der Waals surface area contributed by atoms with Crippen molar-refractivity contribution in [3.05, 3.63) is 102 Å². The molecule has 0 aromatic heterocycles. The molecule has 3 aromatic rings. The maximum absolute atomic E-state index is 13.1. The summed E-state index contributed by atoms with van der Waals surface area (Å²) in [5.74, 6) is -0.423. The Kier molecular flexibility index (Phi) is 8.75. The van der Waals surface area contributed by atoms with E-state index in [1.165, 1.54) is 4.90 Å². The van der Waals surface area contributed by atoms with Crippen molar-refractivity contribution in [2.45, 2.75) is 44.6 Å². The number of nitrogens with one attached hydrogen (secondary N) is 1. The number of nitrogens with two attached hydrogens (primary N) is 1. The first-order chi connectivity index (χ1) is 18.0. The average molecular weight is 502 g/mol. The van der Waals surface area contributed by atoms with E-state index < -0.39 is 30.0 Å². The fourth-order valence-electron chi connectivity index (χ4n) is 4.29. The molecule has 0 aliphatic carbocycles. The van der Waals surface area contributed by atoms with E-state index in [1.54, 1.807) is 0 Å². The quantitative estimate of drug-likeness (QED) is 0.441. The maximum Gasteiger partial charge on any atom is 0.410 e. The lowest BCUT2D eigenvalue weighted by Crippen LogP contribution is -2.53. The standard InChI is InChI=1S/C29H31N3O5/c30-27(33)25(18-23-13-7-14-24(17-23)36-19-21-9-3-1-4-10-21)31-28(34)26-15-8-16-32(26)29(35)37-20-22-11-5-2-6-12-22/h1-7,9-14,17,25-26H,8,15-16,18-20H2,(H2,30,33)(H,31,34)/t25-,26-/m1/s1. The van der Waals surface area contributed by atoms with Gasteiger partial charge in [0.05, 0.1) is 0 Å². The third-order valence-corrected chi connectivity index (χ3v) is 6.24. The molecular weight excluding hydrogens is 470 g/mol. The van der Waals surface area contributed by atoms with Gasteiger partial charge in [-0.05, 0) is 41.7 Å². The summed E-state index contributed by atoms with van der Waals surface area (Å²) in [4.78, 5) is 39.3. The molecule has 3 amide bonds. The number of ether oxygens (including phenoxy) is 2. The van der Waals surface area contributed by atoms with Crippen molar-refractivity contribution in [2.24, 2.45) is 5.73 Å². The van der Waals surface area contributed by atoms with Gasteiger partial charge in [-0.25, -0.2) is 4.79 Å². The summed E-state index contributed by atoms with van der Waals surface area (Å²) in [6, 6.07) is 24.8. The number of benzene rings is 3. The van der Waals surface area contributed by atoms with E-state index in [1.807, 2.05) is 84.9 Å². The molecule has 1 fully saturated rings. The molecule has 4 rings (SSSR count). The molecule has 192 valence electrons. The minimum absolute atomic E-state index is 0.122. The first-order valence-corrected chi connectivity index (χ1v) is 12.3. The van der Waals surface area contributed by atoms with Gasteiger partial charge in [-0.15, -0.1) is 0 Å². The van der Waals surface area contributed by atoms with Gasteiger partial charge in [0.2, 0.25) is 11.8 Å². The Morgan fingerprint density at radius 1 is 0.892 bits per heavy atom. The van der Waals surface area contributed by atoms with Gasteiger partial charge in [0.25, 0.3) is 0 Å². The molecule has 2 atom stereocenters. The normalized spacial score (nSPS) is 15.6. The lowest BCUT2D eigenvalue weighted by Gasteiger charge is -2.25. The zero-order valence-electron chi connectivity index (χ0n) is 20.5. The van der Waals surface area contributed by atoms with Crippen molar-refractivity contribution in [1.29, 1.82) is 0 Å². The number of nitrogens with zero attached hydrogens (tertiary/aromatic N) is 1. The number of rotatable bonds is 10. The molecule has 0 saturated carbocycles. The van der Waals surface area contributed by atoms with Crippen LogP contribution in [0.2, 0.25) is 0 Å². The zero-order valence-corrected chi connectivity index (χ0v) is 20.5. The van der Waals surface area contributed by atoms with E-state index in [-0.39, 0.29) is 13.0 Å². The molecule has 3 aromatic carbocycles. The van der Waals surface area contributed by atoms with Crippen LogP contribution in [0, 0.1) is 0 Å². The average Bonchev–Trinajstić information content (AvgIpc) is 3.42. The monoisotopic (exact) mass is 501 g/mol. The summed E-state index contributed by atoms with van der Waals surface area (Å²) in [7, 11) is 0. The summed E-state index contributed by atoms with van der Waals surface area (Å²) in [6.07, 6.45) is 0.802. The van der Waals surface area contributed by atoms with Gasteiger partial charge >= 0.3 is 6.09 Å². The van der Waals surface area contributed by atoms with Gasteiger partial charge in [-0.1, -0.05) is 72.8 Å². The molecule has 1 aliphatic rings. The lowest BCUT2D eigenvalue weighted by atomic mass is 10.0. The lowest BCUT2D eigenvalue weighted by molar-refractivity contribution is -0.130. The summed E-state index contributed by atoms with van der Waals surface area (Å²) < 4.78 is 11.3. The van der Waals surface area contributed by atoms with Crippen LogP contribution in [-0.2, 0) is 34.0 Å². The molecule has 1 saturated heterocycles. The van der Waals surface area contributed by atoms with Crippen molar-refractivity contribution >= 4 is 17.9 Å². The number of amides is 3. The first kappa shape index (κ1) is 25.8. The minimum Gasteiger partial charge on any atom is -0.489 e. The van der Waals surface area contributed by atoms with Crippen molar-refractivity contribution in [2.75, 3.05) is 6.54 Å². The molecule has 3 N–H and O–H groups in total. The Bertz CT molecular complexity index is 1200. The van der Waals surface area contributed by atoms with Gasteiger partial charge in [0.15, 0.2) is 0 Å². The third kappa shape index (κ3) is 7.33. The predicted octanol–water partition coefficient (Wildman–Crippen LogP) is 3.58. The smallest absolute Gasteiger partial charge is 0.410 e. The highest BCUT2D eigenvalue weighted by Gasteiger charge is 2.36. The summed E-state index contributed by atoms with van der Waals surface area (Å²) >= 11 is 0. The summed E-state index contributed by atoms with van der Waals surface area (Å²) in [6.45, 7) is 0.947. The van der Waals surface area contributed by atoms with Crippen molar-refractivity contribution < 1.29 is 23.9 Å². The molecular formula is C29H31N3O5. The number of primary amides is 1. The Labute approximate surface area is 216 Å². The predicted molar refractivity (Wildman–Crippen MR) is 138 cm³/mol. The van der Waals surface area contributed by atoms with Gasteiger partial charge in [0, 0.05) is 13.0 Å². The van der Waals surface area contributed by atoms with E-state index in [4.69, 9.17) is 15.2 Å². The fourth-order valence-corrected chi connectivity index (χ4v) is 4.29. The molecule has 0 spiro atoms. The SMILES string of the molecule is NC(=O)[C@@H](Cc1cccc(OCc2ccccc2)c1)NC(=O)[C@H]1CCCN1C(=O)OCc1ccccc1. The van der Waals surface area contributed by atoms with Gasteiger partial charge < -0.3 is 20.5 Å². The third-order valence-electron chi connectivity index (χ3n) is 6.24. The molecule has 8 nitrogen and oxygen atoms in total. The van der Waals surface area contributed by atoms with Crippen LogP contribution in [-0.4, -0.2) is 41.4 Å². The molecule has 1 heterocycles. The van der Waals surface area contributed by atoms with Crippen molar-refractivity contribution in [3.8, 4) is 5.75 Å². The van der Waals surface area contributed by atoms with Crippen LogP contribution >= 0.6 is 0 Å². The Morgan fingerprint density at radius 2 is 1.54 bits per heavy atom. The summed E-state index contributed by atoms with van der Waals surface area (Å²) in [5.41, 5.74) is 8.31. The number of likely N-dealkylation sites (tertiary alicyclic amines) is 1. The van der Waals surface area contributed by atoms with Gasteiger partial charge in [0.1, 0.15) is 31.0 Å². The van der Waals surface area contributed by atoms with Crippen LogP contribution in [0.1, 0.15) is 29.5 Å². The Morgan fingerprint density at radius 3 is 2.22 bits per heavy atom. The molecule has 1 aliphatic heterocycles. The maximum atomic E-state index is 13.1. The van der Waals surface area contributed by atoms with Gasteiger partial charge in [-0.2, -0.15) is 0 Å². The Hall–Kier alpha value is -4.33. The highest BCUT2D eigenvalue weighted by Crippen LogP contribution is 2.20. The van der Waals surface area contributed by atoms with Crippen LogP contribution in [0.5, 0.6) is 5.75 Å². The topological polar surface area (TPSA) is 111 Å². The highest BCUT2D eigenvalue weighted by molar-refractivity contribution is 5.91. The number of carbonyl (C=O) groups excluding carboxylic acids is 3. The van der Waals surface area contributed by atoms with Crippen LogP contribution < -0.4 is 15.8 Å². The van der Waals surface area contributed by atoms with E-state index in [9.17, 15) is 14.4 Å². The van der Waals surface area contributed by atoms with Crippen molar-refractivity contribution in [1.82, 2.24) is 10.2 Å². The van der Waals surface area contributed by atoms with E-state index in [0.717, 1.165) is 16.7 Å². The highest BCUT2D eigenvalue weighted by atomic mass is 16.6. The number of carbonyl (C=O) groups is 3. The largest absolute Gasteiger partial charge is 0.489 e. The van der Waals surface area contributed by atoms with E-state index >= 15 is 0 Å². The van der Waals surface area contributed by atoms with Crippen LogP contribution in [0.3, 0.4) is 0 Å². The molecule has 8 heteroatoms. The minimum atomic E-state index is -0.931.